The van der Waals surface area contributed by atoms with Crippen LogP contribution in [0.4, 0.5) is 11.6 Å². The second-order valence-electron chi connectivity index (χ2n) is 3.39. The Kier molecular flexibility index (Phi) is 3.01. The van der Waals surface area contributed by atoms with Crippen LogP contribution in [0.3, 0.4) is 0 Å². The van der Waals surface area contributed by atoms with Crippen molar-refractivity contribution in [2.24, 2.45) is 0 Å². The van der Waals surface area contributed by atoms with Crippen molar-refractivity contribution in [2.75, 3.05) is 12.4 Å². The summed E-state index contributed by atoms with van der Waals surface area (Å²) in [5.41, 5.74) is 1.86. The van der Waals surface area contributed by atoms with Crippen molar-refractivity contribution in [2.45, 2.75) is 6.92 Å². The zero-order valence-corrected chi connectivity index (χ0v) is 9.80. The highest BCUT2D eigenvalue weighted by Gasteiger charge is 2.03. The Bertz CT molecular complexity index is 496. The standard InChI is InChI=1S/C11H12ClN3O/c1-7-6-13-11(14-7)15-8-3-4-10(16-2)9(12)5-8/h3-6H,1-2H3,(H2,13,14,15). The third-order valence-electron chi connectivity index (χ3n) is 2.12. The average Bonchev–Trinajstić information content (AvgIpc) is 2.64. The van der Waals surface area contributed by atoms with Crippen LogP contribution in [-0.2, 0) is 0 Å². The molecule has 0 amide bonds. The minimum Gasteiger partial charge on any atom is -0.495 e. The highest BCUT2D eigenvalue weighted by atomic mass is 35.5. The number of nitrogens with one attached hydrogen (secondary N) is 2. The van der Waals surface area contributed by atoms with Gasteiger partial charge in [0.2, 0.25) is 5.95 Å². The van der Waals surface area contributed by atoms with Crippen LogP contribution in [0.15, 0.2) is 24.4 Å². The highest BCUT2D eigenvalue weighted by molar-refractivity contribution is 6.32. The minimum atomic E-state index is 0.566. The van der Waals surface area contributed by atoms with Crippen molar-refractivity contribution in [1.82, 2.24) is 9.97 Å². The summed E-state index contributed by atoms with van der Waals surface area (Å²) in [5, 5.41) is 3.68. The first-order chi connectivity index (χ1) is 7.69. The van der Waals surface area contributed by atoms with Crippen LogP contribution in [0.25, 0.3) is 0 Å². The molecule has 0 aliphatic rings. The summed E-state index contributed by atoms with van der Waals surface area (Å²) in [7, 11) is 1.59. The van der Waals surface area contributed by atoms with Gasteiger partial charge in [-0.3, -0.25) is 0 Å². The molecular weight excluding hydrogens is 226 g/mol. The number of benzene rings is 1. The van der Waals surface area contributed by atoms with E-state index in [1.54, 1.807) is 25.4 Å². The van der Waals surface area contributed by atoms with E-state index in [1.807, 2.05) is 13.0 Å². The Labute approximate surface area is 98.6 Å². The van der Waals surface area contributed by atoms with Gasteiger partial charge in [0.25, 0.3) is 0 Å². The van der Waals surface area contributed by atoms with Crippen molar-refractivity contribution in [3.8, 4) is 5.75 Å². The summed E-state index contributed by atoms with van der Waals surface area (Å²) < 4.78 is 5.07. The first-order valence-electron chi connectivity index (χ1n) is 4.81. The fraction of sp³-hybridized carbons (Fsp3) is 0.182. The first-order valence-corrected chi connectivity index (χ1v) is 5.19. The number of aryl methyl sites for hydroxylation is 1. The number of hydrogen-bond donors (Lipinski definition) is 2. The second-order valence-corrected chi connectivity index (χ2v) is 3.80. The van der Waals surface area contributed by atoms with E-state index >= 15 is 0 Å². The number of rotatable bonds is 3. The SMILES string of the molecule is COc1ccc(Nc2ncc(C)[nH]2)cc1Cl. The van der Waals surface area contributed by atoms with E-state index in [4.69, 9.17) is 16.3 Å². The molecule has 0 fully saturated rings. The van der Waals surface area contributed by atoms with E-state index in [9.17, 15) is 0 Å². The van der Waals surface area contributed by atoms with Gasteiger partial charge in [0.1, 0.15) is 5.75 Å². The number of methoxy groups -OCH3 is 1. The zero-order chi connectivity index (χ0) is 11.5. The summed E-state index contributed by atoms with van der Waals surface area (Å²) in [6, 6.07) is 5.47. The van der Waals surface area contributed by atoms with E-state index in [2.05, 4.69) is 15.3 Å². The molecule has 0 radical (unpaired) electrons. The lowest BCUT2D eigenvalue weighted by Gasteiger charge is -2.06. The molecular formula is C11H12ClN3O. The molecule has 2 rings (SSSR count). The van der Waals surface area contributed by atoms with E-state index in [0.29, 0.717) is 16.7 Å². The molecule has 0 saturated heterocycles. The number of hydrogen-bond acceptors (Lipinski definition) is 3. The van der Waals surface area contributed by atoms with Crippen LogP contribution in [-0.4, -0.2) is 17.1 Å². The maximum Gasteiger partial charge on any atom is 0.204 e. The second kappa shape index (κ2) is 4.45. The van der Waals surface area contributed by atoms with Gasteiger partial charge < -0.3 is 15.0 Å². The molecule has 1 heterocycles. The lowest BCUT2D eigenvalue weighted by Crippen LogP contribution is -1.93. The number of imidazole rings is 1. The molecule has 0 spiro atoms. The molecule has 0 unspecified atom stereocenters. The topological polar surface area (TPSA) is 49.9 Å². The predicted octanol–water partition coefficient (Wildman–Crippen LogP) is 3.12. The average molecular weight is 238 g/mol. The van der Waals surface area contributed by atoms with Gasteiger partial charge in [0.15, 0.2) is 0 Å². The van der Waals surface area contributed by atoms with Gasteiger partial charge in [-0.2, -0.15) is 0 Å². The lowest BCUT2D eigenvalue weighted by atomic mass is 10.3. The van der Waals surface area contributed by atoms with Crippen LogP contribution >= 0.6 is 11.6 Å². The Hall–Kier alpha value is -1.68. The fourth-order valence-electron chi connectivity index (χ4n) is 1.36. The fourth-order valence-corrected chi connectivity index (χ4v) is 1.61. The van der Waals surface area contributed by atoms with Crippen LogP contribution in [0.5, 0.6) is 5.75 Å². The molecule has 1 aromatic carbocycles. The molecule has 2 N–H and O–H groups in total. The Balaban J connectivity index is 2.19. The van der Waals surface area contributed by atoms with Crippen LogP contribution in [0.1, 0.15) is 5.69 Å². The quantitative estimate of drug-likeness (QED) is 0.862. The highest BCUT2D eigenvalue weighted by Crippen LogP contribution is 2.28. The van der Waals surface area contributed by atoms with Gasteiger partial charge in [0, 0.05) is 17.6 Å². The normalized spacial score (nSPS) is 10.2. The Morgan fingerprint density at radius 1 is 1.44 bits per heavy atom. The van der Waals surface area contributed by atoms with Gasteiger partial charge in [0.05, 0.1) is 12.1 Å². The van der Waals surface area contributed by atoms with Crippen LogP contribution in [0.2, 0.25) is 5.02 Å². The molecule has 0 saturated carbocycles. The number of H-pyrrole nitrogens is 1. The van der Waals surface area contributed by atoms with Crippen molar-refractivity contribution >= 4 is 23.2 Å². The number of anilines is 2. The minimum absolute atomic E-state index is 0.566. The van der Waals surface area contributed by atoms with Crippen molar-refractivity contribution < 1.29 is 4.74 Å². The third kappa shape index (κ3) is 2.28. The van der Waals surface area contributed by atoms with Gasteiger partial charge in [-0.25, -0.2) is 4.98 Å². The van der Waals surface area contributed by atoms with Crippen molar-refractivity contribution in [3.05, 3.63) is 35.1 Å². The molecule has 0 aliphatic heterocycles. The summed E-state index contributed by atoms with van der Waals surface area (Å²) in [5.74, 6) is 1.35. The van der Waals surface area contributed by atoms with Crippen LogP contribution in [0, 0.1) is 6.92 Å². The summed E-state index contributed by atoms with van der Waals surface area (Å²) in [4.78, 5) is 7.22. The van der Waals surface area contributed by atoms with E-state index in [0.717, 1.165) is 11.4 Å². The van der Waals surface area contributed by atoms with Gasteiger partial charge in [-0.1, -0.05) is 11.6 Å². The molecule has 5 heteroatoms. The number of halogens is 1. The Morgan fingerprint density at radius 2 is 2.25 bits per heavy atom. The predicted molar refractivity (Wildman–Crippen MR) is 64.6 cm³/mol. The number of ether oxygens (including phenoxy) is 1. The number of aromatic amines is 1. The Morgan fingerprint density at radius 3 is 2.81 bits per heavy atom. The maximum atomic E-state index is 6.01. The summed E-state index contributed by atoms with van der Waals surface area (Å²) >= 11 is 6.01. The van der Waals surface area contributed by atoms with Crippen molar-refractivity contribution in [3.63, 3.8) is 0 Å². The first kappa shape index (κ1) is 10.8. The monoisotopic (exact) mass is 237 g/mol. The largest absolute Gasteiger partial charge is 0.495 e. The van der Waals surface area contributed by atoms with E-state index in [1.165, 1.54) is 0 Å². The van der Waals surface area contributed by atoms with E-state index in [-0.39, 0.29) is 0 Å². The van der Waals surface area contributed by atoms with Crippen molar-refractivity contribution in [1.29, 1.82) is 0 Å². The molecule has 16 heavy (non-hydrogen) atoms. The number of aromatic nitrogens is 2. The lowest BCUT2D eigenvalue weighted by molar-refractivity contribution is 0.415. The molecule has 0 bridgehead atoms. The van der Waals surface area contributed by atoms with Gasteiger partial charge in [-0.05, 0) is 25.1 Å². The number of nitrogens with zero attached hydrogens (tertiary/aromatic N) is 1. The summed E-state index contributed by atoms with van der Waals surface area (Å²) in [6.45, 7) is 1.94. The summed E-state index contributed by atoms with van der Waals surface area (Å²) in [6.07, 6.45) is 1.76. The third-order valence-corrected chi connectivity index (χ3v) is 2.41. The zero-order valence-electron chi connectivity index (χ0n) is 9.04. The molecule has 0 aliphatic carbocycles. The smallest absolute Gasteiger partial charge is 0.204 e. The maximum absolute atomic E-state index is 6.01. The van der Waals surface area contributed by atoms with Gasteiger partial charge in [-0.15, -0.1) is 0 Å². The molecule has 84 valence electrons. The molecule has 2 aromatic rings. The molecule has 1 aromatic heterocycles. The van der Waals surface area contributed by atoms with Gasteiger partial charge >= 0.3 is 0 Å². The molecule has 0 atom stereocenters. The molecule has 4 nitrogen and oxygen atoms in total. The van der Waals surface area contributed by atoms with E-state index < -0.39 is 0 Å². The van der Waals surface area contributed by atoms with Crippen LogP contribution < -0.4 is 10.1 Å².